The normalized spacial score (nSPS) is 16.1. The number of rotatable bonds is 9. The van der Waals surface area contributed by atoms with Crippen LogP contribution in [0.2, 0.25) is 0 Å². The molecule has 0 bridgehead atoms. The first-order chi connectivity index (χ1) is 16.0. The number of carboxylic acid groups (broad SMARTS) is 1. The minimum absolute atomic E-state index is 0.176. The monoisotopic (exact) mass is 500 g/mol. The standard InChI is InChI=1S/C28H36O4S2/c1-6-32-25(31)27(4,5)19-21-11-8-13-23(17-21)28(33-14-9-15-34-28)22-12-7-10-20(16-22)18-26(2,3)24(29)30/h7-8,10-13,16-17H,6,9,14-15,18-19H2,1-5H3,(H,29,30). The third kappa shape index (κ3) is 6.01. The number of hydrogen-bond acceptors (Lipinski definition) is 5. The van der Waals surface area contributed by atoms with Gasteiger partial charge in [-0.1, -0.05) is 48.5 Å². The number of carbonyl (C=O) groups excluding carboxylic acids is 1. The molecule has 1 heterocycles. The summed E-state index contributed by atoms with van der Waals surface area (Å²) in [6.45, 7) is 9.64. The molecule has 0 aromatic heterocycles. The second-order valence-electron chi connectivity index (χ2n) is 10.2. The zero-order chi connectivity index (χ0) is 25.0. The SMILES string of the molecule is CCOC(=O)C(C)(C)Cc1cccc(C2(c3cccc(CC(C)(C)C(=O)O)c3)SCCCS2)c1. The number of thioether (sulfide) groups is 2. The molecule has 0 radical (unpaired) electrons. The number of hydrogen-bond donors (Lipinski definition) is 1. The Labute approximate surface area is 212 Å². The third-order valence-electron chi connectivity index (χ3n) is 6.21. The Balaban J connectivity index is 1.98. The highest BCUT2D eigenvalue weighted by Crippen LogP contribution is 2.55. The van der Waals surface area contributed by atoms with Crippen LogP contribution in [0.3, 0.4) is 0 Å². The van der Waals surface area contributed by atoms with Crippen molar-refractivity contribution in [3.05, 3.63) is 70.8 Å². The Kier molecular flexibility index (Phi) is 8.46. The molecule has 0 unspecified atom stereocenters. The van der Waals surface area contributed by atoms with Crippen LogP contribution in [-0.2, 0) is 31.2 Å². The molecule has 0 spiro atoms. The summed E-state index contributed by atoms with van der Waals surface area (Å²) in [5.74, 6) is 1.17. The molecule has 0 amide bonds. The molecule has 3 rings (SSSR count). The van der Waals surface area contributed by atoms with Gasteiger partial charge in [-0.25, -0.2) is 0 Å². The van der Waals surface area contributed by atoms with Gasteiger partial charge in [0.1, 0.15) is 4.08 Å². The van der Waals surface area contributed by atoms with E-state index in [1.165, 1.54) is 17.5 Å². The molecule has 4 nitrogen and oxygen atoms in total. The number of benzene rings is 2. The second-order valence-corrected chi connectivity index (χ2v) is 13.1. The Bertz CT molecular complexity index is 1020. The summed E-state index contributed by atoms with van der Waals surface area (Å²) < 4.78 is 5.04. The summed E-state index contributed by atoms with van der Waals surface area (Å²) in [5, 5.41) is 9.60. The largest absolute Gasteiger partial charge is 0.481 e. The van der Waals surface area contributed by atoms with E-state index in [1.54, 1.807) is 13.8 Å². The predicted octanol–water partition coefficient (Wildman–Crippen LogP) is 6.54. The van der Waals surface area contributed by atoms with Crippen molar-refractivity contribution in [2.45, 2.75) is 58.0 Å². The highest BCUT2D eigenvalue weighted by molar-refractivity contribution is 8.18. The number of aliphatic carboxylic acids is 1. The first-order valence-corrected chi connectivity index (χ1v) is 13.8. The number of carbonyl (C=O) groups is 2. The first kappa shape index (κ1) is 26.7. The van der Waals surface area contributed by atoms with E-state index >= 15 is 0 Å². The van der Waals surface area contributed by atoms with Gasteiger partial charge in [0.05, 0.1) is 17.4 Å². The van der Waals surface area contributed by atoms with Crippen molar-refractivity contribution in [1.29, 1.82) is 0 Å². The summed E-state index contributed by atoms with van der Waals surface area (Å²) >= 11 is 3.89. The van der Waals surface area contributed by atoms with Crippen LogP contribution < -0.4 is 0 Å². The van der Waals surface area contributed by atoms with Gasteiger partial charge in [0, 0.05) is 0 Å². The van der Waals surface area contributed by atoms with Crippen LogP contribution in [0.4, 0.5) is 0 Å². The lowest BCUT2D eigenvalue weighted by molar-refractivity contribution is -0.153. The van der Waals surface area contributed by atoms with Crippen molar-refractivity contribution >= 4 is 35.5 Å². The molecule has 0 atom stereocenters. The molecular weight excluding hydrogens is 464 g/mol. The van der Waals surface area contributed by atoms with Crippen LogP contribution in [0, 0.1) is 10.8 Å². The zero-order valence-electron chi connectivity index (χ0n) is 20.8. The molecule has 1 N–H and O–H groups in total. The van der Waals surface area contributed by atoms with Crippen LogP contribution >= 0.6 is 23.5 Å². The van der Waals surface area contributed by atoms with E-state index in [4.69, 9.17) is 4.74 Å². The summed E-state index contributed by atoms with van der Waals surface area (Å²) in [6, 6.07) is 17.0. The zero-order valence-corrected chi connectivity index (χ0v) is 22.5. The van der Waals surface area contributed by atoms with Crippen LogP contribution in [0.1, 0.15) is 63.3 Å². The molecule has 34 heavy (non-hydrogen) atoms. The molecule has 2 aromatic rings. The quantitative estimate of drug-likeness (QED) is 0.394. The first-order valence-electron chi connectivity index (χ1n) is 11.9. The van der Waals surface area contributed by atoms with E-state index in [1.807, 2.05) is 56.4 Å². The highest BCUT2D eigenvalue weighted by atomic mass is 32.2. The lowest BCUT2D eigenvalue weighted by Crippen LogP contribution is -2.29. The van der Waals surface area contributed by atoms with Gasteiger partial charge in [-0.15, -0.1) is 23.5 Å². The van der Waals surface area contributed by atoms with E-state index in [0.717, 1.165) is 22.6 Å². The van der Waals surface area contributed by atoms with Gasteiger partial charge < -0.3 is 9.84 Å². The summed E-state index contributed by atoms with van der Waals surface area (Å²) in [7, 11) is 0. The van der Waals surface area contributed by atoms with Crippen molar-refractivity contribution in [1.82, 2.24) is 0 Å². The van der Waals surface area contributed by atoms with E-state index < -0.39 is 16.8 Å². The lowest BCUT2D eigenvalue weighted by atomic mass is 9.84. The van der Waals surface area contributed by atoms with Crippen molar-refractivity contribution in [2.75, 3.05) is 18.1 Å². The molecule has 0 saturated carbocycles. The second kappa shape index (κ2) is 10.8. The predicted molar refractivity (Wildman–Crippen MR) is 142 cm³/mol. The smallest absolute Gasteiger partial charge is 0.311 e. The molecule has 0 aliphatic carbocycles. The van der Waals surface area contributed by atoms with Gasteiger partial charge in [0.25, 0.3) is 0 Å². The fourth-order valence-electron chi connectivity index (χ4n) is 4.30. The minimum Gasteiger partial charge on any atom is -0.481 e. The van der Waals surface area contributed by atoms with Gasteiger partial charge >= 0.3 is 11.9 Å². The van der Waals surface area contributed by atoms with Crippen LogP contribution in [0.15, 0.2) is 48.5 Å². The van der Waals surface area contributed by atoms with Gasteiger partial charge in [0.15, 0.2) is 0 Å². The summed E-state index contributed by atoms with van der Waals surface area (Å²) in [6.07, 6.45) is 2.26. The highest BCUT2D eigenvalue weighted by Gasteiger charge is 2.39. The lowest BCUT2D eigenvalue weighted by Gasteiger charge is -2.38. The molecule has 1 aliphatic rings. The average Bonchev–Trinajstić information content (AvgIpc) is 2.79. The summed E-state index contributed by atoms with van der Waals surface area (Å²) in [5.41, 5.74) is 3.14. The fraction of sp³-hybridized carbons (Fsp3) is 0.500. The molecular formula is C28H36O4S2. The van der Waals surface area contributed by atoms with Crippen LogP contribution in [0.5, 0.6) is 0 Å². The van der Waals surface area contributed by atoms with E-state index in [2.05, 4.69) is 36.4 Å². The molecule has 6 heteroatoms. The number of carboxylic acids is 1. The Morgan fingerprint density at radius 2 is 1.41 bits per heavy atom. The van der Waals surface area contributed by atoms with Gasteiger partial charge in [-0.05, 0) is 87.6 Å². The fourth-order valence-corrected chi connectivity index (χ4v) is 7.64. The Morgan fingerprint density at radius 1 is 0.912 bits per heavy atom. The maximum atomic E-state index is 12.5. The van der Waals surface area contributed by atoms with Gasteiger partial charge in [0.2, 0.25) is 0 Å². The third-order valence-corrected chi connectivity index (χ3v) is 9.66. The van der Waals surface area contributed by atoms with Crippen molar-refractivity contribution in [2.24, 2.45) is 10.8 Å². The van der Waals surface area contributed by atoms with Crippen LogP contribution in [-0.4, -0.2) is 35.2 Å². The van der Waals surface area contributed by atoms with E-state index in [-0.39, 0.29) is 10.0 Å². The van der Waals surface area contributed by atoms with Crippen molar-refractivity contribution in [3.8, 4) is 0 Å². The topological polar surface area (TPSA) is 63.6 Å². The van der Waals surface area contributed by atoms with E-state index in [9.17, 15) is 14.7 Å². The van der Waals surface area contributed by atoms with Crippen molar-refractivity contribution in [3.63, 3.8) is 0 Å². The Hall–Kier alpha value is -1.92. The molecule has 184 valence electrons. The average molecular weight is 501 g/mol. The van der Waals surface area contributed by atoms with E-state index in [0.29, 0.717) is 19.4 Å². The maximum Gasteiger partial charge on any atom is 0.311 e. The van der Waals surface area contributed by atoms with Gasteiger partial charge in [-0.3, -0.25) is 9.59 Å². The van der Waals surface area contributed by atoms with Gasteiger partial charge in [-0.2, -0.15) is 0 Å². The minimum atomic E-state index is -0.822. The van der Waals surface area contributed by atoms with Crippen molar-refractivity contribution < 1.29 is 19.4 Å². The van der Waals surface area contributed by atoms with Crippen LogP contribution in [0.25, 0.3) is 0 Å². The Morgan fingerprint density at radius 3 is 1.88 bits per heavy atom. The maximum absolute atomic E-state index is 12.5. The molecule has 2 aromatic carbocycles. The molecule has 1 fully saturated rings. The number of ether oxygens (including phenoxy) is 1. The molecule has 1 saturated heterocycles. The molecule has 1 aliphatic heterocycles. The number of esters is 1. The summed E-state index contributed by atoms with van der Waals surface area (Å²) in [4.78, 5) is 24.2.